The maximum absolute atomic E-state index is 11.8. The van der Waals surface area contributed by atoms with E-state index in [0.29, 0.717) is 50.1 Å². The molecule has 2 aliphatic heterocycles. The van der Waals surface area contributed by atoms with E-state index in [1.165, 1.54) is 0 Å². The molecule has 1 aromatic carbocycles. The highest BCUT2D eigenvalue weighted by molar-refractivity contribution is 7.92. The molecule has 198 valence electrons. The average Bonchev–Trinajstić information content (AvgIpc) is 3.22. The summed E-state index contributed by atoms with van der Waals surface area (Å²) in [5.41, 5.74) is 1.65. The molecule has 0 aliphatic carbocycles. The number of carbonyl (C=O) groups excluding carboxylic acids is 1. The third-order valence-corrected chi connectivity index (χ3v) is 6.91. The fraction of sp³-hybridized carbons (Fsp3) is 0.500. The summed E-state index contributed by atoms with van der Waals surface area (Å²) in [7, 11) is -3.31. The van der Waals surface area contributed by atoms with Crippen molar-refractivity contribution < 1.29 is 17.9 Å². The van der Waals surface area contributed by atoms with Crippen LogP contribution in [-0.4, -0.2) is 78.7 Å². The van der Waals surface area contributed by atoms with Crippen LogP contribution in [0.4, 0.5) is 17.5 Å². The highest BCUT2D eigenvalue weighted by Crippen LogP contribution is 2.32. The van der Waals surface area contributed by atoms with Crippen molar-refractivity contribution in [2.75, 3.05) is 54.0 Å². The second-order valence-electron chi connectivity index (χ2n) is 10.8. The number of hydrogen-bond acceptors (Lipinski definition) is 9. The molecule has 0 bridgehead atoms. The Morgan fingerprint density at radius 3 is 2.54 bits per heavy atom. The standard InChI is InChI=1S/C24H32N8O4S/c1-23(2,3)32-21-18(11-26-32)20(25-10-9-16-5-7-17(8-6-16)30-37(4,34)35)27-22(28-21)31-13-24(14-31)15-36-12-19(33)29-24/h5-8,11,30H,9-10,12-15H2,1-4H3,(H,29,33)(H,25,27,28). The predicted octanol–water partition coefficient (Wildman–Crippen LogP) is 1.31. The number of morpholine rings is 1. The fourth-order valence-electron chi connectivity index (χ4n) is 4.65. The van der Waals surface area contributed by atoms with Crippen LogP contribution in [0.15, 0.2) is 30.5 Å². The van der Waals surface area contributed by atoms with E-state index in [1.54, 1.807) is 18.3 Å². The number of rotatable bonds is 7. The van der Waals surface area contributed by atoms with E-state index in [9.17, 15) is 13.2 Å². The Balaban J connectivity index is 1.34. The van der Waals surface area contributed by atoms with Crippen LogP contribution in [0.1, 0.15) is 26.3 Å². The van der Waals surface area contributed by atoms with Crippen molar-refractivity contribution in [1.82, 2.24) is 25.1 Å². The molecule has 2 saturated heterocycles. The number of hydrogen-bond donors (Lipinski definition) is 3. The van der Waals surface area contributed by atoms with Crippen molar-refractivity contribution in [3.63, 3.8) is 0 Å². The lowest BCUT2D eigenvalue weighted by Gasteiger charge is -2.51. The maximum Gasteiger partial charge on any atom is 0.246 e. The number of nitrogens with one attached hydrogen (secondary N) is 3. The normalized spacial score (nSPS) is 17.5. The number of nitrogens with zero attached hydrogens (tertiary/aromatic N) is 5. The molecule has 2 aromatic heterocycles. The van der Waals surface area contributed by atoms with Crippen LogP contribution in [0, 0.1) is 0 Å². The molecular formula is C24H32N8O4S. The monoisotopic (exact) mass is 528 g/mol. The Bertz CT molecular complexity index is 1420. The summed E-state index contributed by atoms with van der Waals surface area (Å²) in [6.45, 7) is 8.54. The SMILES string of the molecule is CC(C)(C)n1ncc2c(NCCc3ccc(NS(C)(=O)=O)cc3)nc(N3CC4(COCC(=O)N4)C3)nc21. The highest BCUT2D eigenvalue weighted by atomic mass is 32.2. The molecule has 0 unspecified atom stereocenters. The van der Waals surface area contributed by atoms with Crippen molar-refractivity contribution >= 4 is 44.4 Å². The lowest BCUT2D eigenvalue weighted by molar-refractivity contribution is -0.136. The first-order valence-electron chi connectivity index (χ1n) is 12.1. The van der Waals surface area contributed by atoms with Gasteiger partial charge in [-0.1, -0.05) is 12.1 Å². The smallest absolute Gasteiger partial charge is 0.246 e. The van der Waals surface area contributed by atoms with Gasteiger partial charge in [-0.3, -0.25) is 9.52 Å². The number of aromatic nitrogens is 4. The molecule has 12 nitrogen and oxygen atoms in total. The number of ether oxygens (including phenoxy) is 1. The van der Waals surface area contributed by atoms with E-state index >= 15 is 0 Å². The number of fused-ring (bicyclic) bond motifs is 1. The van der Waals surface area contributed by atoms with Crippen LogP contribution < -0.4 is 20.3 Å². The molecule has 37 heavy (non-hydrogen) atoms. The van der Waals surface area contributed by atoms with E-state index in [4.69, 9.17) is 14.7 Å². The highest BCUT2D eigenvalue weighted by Gasteiger charge is 2.47. The van der Waals surface area contributed by atoms with E-state index in [-0.39, 0.29) is 18.1 Å². The minimum Gasteiger partial charge on any atom is -0.369 e. The van der Waals surface area contributed by atoms with Gasteiger partial charge in [0.2, 0.25) is 21.9 Å². The molecule has 0 saturated carbocycles. The summed E-state index contributed by atoms with van der Waals surface area (Å²) >= 11 is 0. The van der Waals surface area contributed by atoms with Gasteiger partial charge in [0, 0.05) is 25.3 Å². The van der Waals surface area contributed by atoms with Crippen LogP contribution in [0.3, 0.4) is 0 Å². The van der Waals surface area contributed by atoms with Crippen molar-refractivity contribution in [3.8, 4) is 0 Å². The lowest BCUT2D eigenvalue weighted by Crippen LogP contribution is -2.75. The number of anilines is 3. The summed E-state index contributed by atoms with van der Waals surface area (Å²) in [4.78, 5) is 23.5. The third kappa shape index (κ3) is 5.47. The minimum absolute atomic E-state index is 0.0972. The zero-order valence-electron chi connectivity index (χ0n) is 21.4. The Morgan fingerprint density at radius 2 is 1.89 bits per heavy atom. The summed E-state index contributed by atoms with van der Waals surface area (Å²) in [6, 6.07) is 7.29. The van der Waals surface area contributed by atoms with Gasteiger partial charge in [0.05, 0.1) is 35.5 Å². The number of sulfonamides is 1. The Kier molecular flexibility index (Phi) is 6.23. The van der Waals surface area contributed by atoms with E-state index < -0.39 is 15.6 Å². The van der Waals surface area contributed by atoms with Crippen molar-refractivity contribution in [2.45, 2.75) is 38.3 Å². The summed E-state index contributed by atoms with van der Waals surface area (Å²) in [5, 5.41) is 11.9. The Labute approximate surface area is 215 Å². The first-order chi connectivity index (χ1) is 17.4. The predicted molar refractivity (Wildman–Crippen MR) is 141 cm³/mol. The summed E-state index contributed by atoms with van der Waals surface area (Å²) < 4.78 is 32.7. The minimum atomic E-state index is -3.31. The number of amides is 1. The van der Waals surface area contributed by atoms with Crippen LogP contribution in [0.5, 0.6) is 0 Å². The van der Waals surface area contributed by atoms with Crippen LogP contribution in [0.25, 0.3) is 11.0 Å². The van der Waals surface area contributed by atoms with E-state index in [1.807, 2.05) is 21.7 Å². The van der Waals surface area contributed by atoms with Crippen molar-refractivity contribution in [3.05, 3.63) is 36.0 Å². The Morgan fingerprint density at radius 1 is 1.16 bits per heavy atom. The zero-order chi connectivity index (χ0) is 26.4. The molecule has 1 spiro atoms. The number of carbonyl (C=O) groups is 1. The summed E-state index contributed by atoms with van der Waals surface area (Å²) in [5.74, 6) is 1.16. The van der Waals surface area contributed by atoms with Crippen LogP contribution >= 0.6 is 0 Å². The van der Waals surface area contributed by atoms with Crippen LogP contribution in [-0.2, 0) is 31.5 Å². The van der Waals surface area contributed by atoms with Gasteiger partial charge in [-0.05, 0) is 44.9 Å². The molecule has 5 rings (SSSR count). The fourth-order valence-corrected chi connectivity index (χ4v) is 5.21. The summed E-state index contributed by atoms with van der Waals surface area (Å²) in [6.07, 6.45) is 3.62. The molecule has 3 N–H and O–H groups in total. The van der Waals surface area contributed by atoms with Gasteiger partial charge in [-0.2, -0.15) is 15.1 Å². The van der Waals surface area contributed by atoms with Gasteiger partial charge in [0.25, 0.3) is 0 Å². The zero-order valence-corrected chi connectivity index (χ0v) is 22.2. The second-order valence-corrected chi connectivity index (χ2v) is 12.5. The van der Waals surface area contributed by atoms with Gasteiger partial charge in [0.1, 0.15) is 12.4 Å². The molecule has 0 atom stereocenters. The molecule has 1 amide bonds. The van der Waals surface area contributed by atoms with Gasteiger partial charge in [0.15, 0.2) is 5.65 Å². The Hall–Kier alpha value is -3.45. The second kappa shape index (κ2) is 9.14. The molecule has 2 aliphatic rings. The lowest BCUT2D eigenvalue weighted by atomic mass is 9.90. The van der Waals surface area contributed by atoms with E-state index in [2.05, 4.69) is 41.2 Å². The van der Waals surface area contributed by atoms with Crippen LogP contribution in [0.2, 0.25) is 0 Å². The topological polar surface area (TPSA) is 143 Å². The molecule has 13 heteroatoms. The van der Waals surface area contributed by atoms with Gasteiger partial charge >= 0.3 is 0 Å². The third-order valence-electron chi connectivity index (χ3n) is 6.30. The first kappa shape index (κ1) is 25.2. The van der Waals surface area contributed by atoms with Crippen molar-refractivity contribution in [1.29, 1.82) is 0 Å². The van der Waals surface area contributed by atoms with Gasteiger partial charge in [-0.25, -0.2) is 13.1 Å². The van der Waals surface area contributed by atoms with Crippen molar-refractivity contribution in [2.24, 2.45) is 0 Å². The van der Waals surface area contributed by atoms with Gasteiger partial charge in [-0.15, -0.1) is 0 Å². The quantitative estimate of drug-likeness (QED) is 0.413. The molecular weight excluding hydrogens is 496 g/mol. The number of benzene rings is 1. The molecule has 4 heterocycles. The van der Waals surface area contributed by atoms with E-state index in [0.717, 1.165) is 22.9 Å². The molecule has 0 radical (unpaired) electrons. The molecule has 2 fully saturated rings. The molecule has 3 aromatic rings. The first-order valence-corrected chi connectivity index (χ1v) is 14.0. The largest absolute Gasteiger partial charge is 0.369 e. The average molecular weight is 529 g/mol. The van der Waals surface area contributed by atoms with Gasteiger partial charge < -0.3 is 20.3 Å². The maximum atomic E-state index is 11.8.